The maximum absolute atomic E-state index is 11.2. The third kappa shape index (κ3) is 2.43. The maximum Gasteiger partial charge on any atom is 0.513 e. The van der Waals surface area contributed by atoms with Gasteiger partial charge in [0.15, 0.2) is 0 Å². The number of nitrogens with two attached hydrogens (primary N) is 1. The van der Waals surface area contributed by atoms with Crippen LogP contribution in [0.4, 0.5) is 4.79 Å². The molecule has 3 N–H and O–H groups in total. The van der Waals surface area contributed by atoms with E-state index < -0.39 is 18.2 Å². The lowest BCUT2D eigenvalue weighted by molar-refractivity contribution is -0.140. The van der Waals surface area contributed by atoms with Crippen LogP contribution in [0, 0.1) is 0 Å². The molecule has 94 valence electrons. The molecule has 1 heterocycles. The maximum atomic E-state index is 11.2. The number of esters is 1. The Labute approximate surface area is 101 Å². The van der Waals surface area contributed by atoms with E-state index >= 15 is 0 Å². The van der Waals surface area contributed by atoms with Crippen molar-refractivity contribution in [1.82, 2.24) is 15.0 Å². The van der Waals surface area contributed by atoms with Crippen molar-refractivity contribution in [2.75, 3.05) is 0 Å². The first-order valence-electron chi connectivity index (χ1n) is 5.06. The van der Waals surface area contributed by atoms with Crippen molar-refractivity contribution in [2.45, 2.75) is 12.6 Å². The predicted molar refractivity (Wildman–Crippen MR) is 59.6 cm³/mol. The van der Waals surface area contributed by atoms with Crippen LogP contribution in [0.15, 0.2) is 24.3 Å². The highest BCUT2D eigenvalue weighted by Crippen LogP contribution is 2.09. The van der Waals surface area contributed by atoms with E-state index in [2.05, 4.69) is 15.0 Å². The summed E-state index contributed by atoms with van der Waals surface area (Å²) < 4.78 is 5.38. The van der Waals surface area contributed by atoms with Crippen molar-refractivity contribution in [3.63, 3.8) is 0 Å². The minimum Gasteiger partial charge on any atom is -0.449 e. The lowest BCUT2D eigenvalue weighted by Crippen LogP contribution is -2.37. The quantitative estimate of drug-likeness (QED) is 0.580. The van der Waals surface area contributed by atoms with Gasteiger partial charge in [-0.2, -0.15) is 0 Å². The fraction of sp³-hybridized carbons (Fsp3) is 0.200. The Balaban J connectivity index is 2.14. The Bertz CT molecular complexity index is 594. The number of carbonyl (C=O) groups is 2. The van der Waals surface area contributed by atoms with Crippen LogP contribution in [0.3, 0.4) is 0 Å². The summed E-state index contributed by atoms with van der Waals surface area (Å²) in [7, 11) is 0. The molecule has 2 rings (SSSR count). The van der Waals surface area contributed by atoms with Gasteiger partial charge in [-0.1, -0.05) is 17.3 Å². The summed E-state index contributed by atoms with van der Waals surface area (Å²) in [5.74, 6) is -1.03. The van der Waals surface area contributed by atoms with Crippen LogP contribution >= 0.6 is 0 Å². The second-order valence-electron chi connectivity index (χ2n) is 3.55. The molecule has 0 spiro atoms. The fourth-order valence-electron chi connectivity index (χ4n) is 1.47. The average molecular weight is 250 g/mol. The first-order valence-corrected chi connectivity index (χ1v) is 5.06. The van der Waals surface area contributed by atoms with Crippen LogP contribution in [0.1, 0.15) is 0 Å². The molecular formula is C10H10N4O4. The number of benzene rings is 1. The zero-order chi connectivity index (χ0) is 13.1. The monoisotopic (exact) mass is 250 g/mol. The van der Waals surface area contributed by atoms with E-state index in [1.165, 1.54) is 4.68 Å². The molecule has 0 aliphatic carbocycles. The second kappa shape index (κ2) is 4.80. The van der Waals surface area contributed by atoms with Crippen LogP contribution in [0.5, 0.6) is 0 Å². The number of ether oxygens (including phenoxy) is 1. The summed E-state index contributed by atoms with van der Waals surface area (Å²) in [6.07, 6.45) is -1.68. The first-order chi connectivity index (χ1) is 8.58. The molecular weight excluding hydrogens is 240 g/mol. The van der Waals surface area contributed by atoms with Gasteiger partial charge in [0.25, 0.3) is 0 Å². The molecule has 1 atom stereocenters. The molecule has 18 heavy (non-hydrogen) atoms. The number of carboxylic acid groups (broad SMARTS) is 1. The Morgan fingerprint density at radius 3 is 2.89 bits per heavy atom. The molecule has 0 amide bonds. The molecule has 0 radical (unpaired) electrons. The highest BCUT2D eigenvalue weighted by molar-refractivity contribution is 5.84. The SMILES string of the molecule is N[C@@H](Cn1nnc2ccccc21)C(=O)OC(=O)O. The predicted octanol–water partition coefficient (Wildman–Crippen LogP) is -0.0202. The molecule has 8 heteroatoms. The van der Waals surface area contributed by atoms with Gasteiger partial charge in [-0.25, -0.2) is 14.3 Å². The van der Waals surface area contributed by atoms with E-state index in [0.29, 0.717) is 11.0 Å². The minimum atomic E-state index is -1.68. The van der Waals surface area contributed by atoms with E-state index in [-0.39, 0.29) is 6.54 Å². The summed E-state index contributed by atoms with van der Waals surface area (Å²) >= 11 is 0. The van der Waals surface area contributed by atoms with Gasteiger partial charge < -0.3 is 15.6 Å². The molecule has 0 unspecified atom stereocenters. The van der Waals surface area contributed by atoms with Gasteiger partial charge in [0, 0.05) is 0 Å². The fourth-order valence-corrected chi connectivity index (χ4v) is 1.47. The minimum absolute atomic E-state index is 0.00731. The second-order valence-corrected chi connectivity index (χ2v) is 3.55. The molecule has 2 aromatic rings. The van der Waals surface area contributed by atoms with Gasteiger partial charge in [-0.3, -0.25) is 0 Å². The highest BCUT2D eigenvalue weighted by Gasteiger charge is 2.20. The van der Waals surface area contributed by atoms with Crippen LogP contribution in [0.2, 0.25) is 0 Å². The summed E-state index contributed by atoms with van der Waals surface area (Å²) in [4.78, 5) is 21.4. The van der Waals surface area contributed by atoms with Gasteiger partial charge in [-0.05, 0) is 12.1 Å². The Morgan fingerprint density at radius 1 is 1.44 bits per heavy atom. The third-order valence-corrected chi connectivity index (χ3v) is 2.28. The van der Waals surface area contributed by atoms with E-state index in [1.807, 2.05) is 0 Å². The highest BCUT2D eigenvalue weighted by atomic mass is 16.7. The van der Waals surface area contributed by atoms with Crippen LogP contribution in [-0.4, -0.2) is 38.3 Å². The van der Waals surface area contributed by atoms with Gasteiger partial charge in [-0.15, -0.1) is 5.10 Å². The van der Waals surface area contributed by atoms with E-state index in [4.69, 9.17) is 10.8 Å². The van der Waals surface area contributed by atoms with Gasteiger partial charge in [0.05, 0.1) is 12.1 Å². The number of nitrogens with zero attached hydrogens (tertiary/aromatic N) is 3. The first kappa shape index (κ1) is 12.0. The molecule has 1 aromatic heterocycles. The lowest BCUT2D eigenvalue weighted by Gasteiger charge is -2.08. The van der Waals surface area contributed by atoms with Crippen LogP contribution in [0.25, 0.3) is 11.0 Å². The lowest BCUT2D eigenvalue weighted by atomic mass is 10.3. The topological polar surface area (TPSA) is 120 Å². The van der Waals surface area contributed by atoms with Gasteiger partial charge in [0.1, 0.15) is 11.6 Å². The molecule has 0 aliphatic rings. The summed E-state index contributed by atoms with van der Waals surface area (Å²) in [6, 6.07) is 6.01. The molecule has 0 aliphatic heterocycles. The molecule has 1 aromatic carbocycles. The number of hydrogen-bond acceptors (Lipinski definition) is 6. The van der Waals surface area contributed by atoms with Crippen molar-refractivity contribution < 1.29 is 19.4 Å². The molecule has 0 bridgehead atoms. The summed E-state index contributed by atoms with van der Waals surface area (Å²) in [5.41, 5.74) is 6.89. The normalized spacial score (nSPS) is 12.3. The van der Waals surface area contributed by atoms with E-state index in [1.54, 1.807) is 24.3 Å². The van der Waals surface area contributed by atoms with E-state index in [9.17, 15) is 9.59 Å². The largest absolute Gasteiger partial charge is 0.513 e. The average Bonchev–Trinajstić information content (AvgIpc) is 2.72. The van der Waals surface area contributed by atoms with Crippen molar-refractivity contribution in [3.8, 4) is 0 Å². The number of para-hydroxylation sites is 1. The van der Waals surface area contributed by atoms with Crippen molar-refractivity contribution in [2.24, 2.45) is 5.73 Å². The van der Waals surface area contributed by atoms with Crippen LogP contribution < -0.4 is 5.73 Å². The molecule has 8 nitrogen and oxygen atoms in total. The van der Waals surface area contributed by atoms with E-state index in [0.717, 1.165) is 0 Å². The number of hydrogen-bond donors (Lipinski definition) is 2. The Morgan fingerprint density at radius 2 is 2.17 bits per heavy atom. The van der Waals surface area contributed by atoms with Crippen molar-refractivity contribution in [1.29, 1.82) is 0 Å². The number of fused-ring (bicyclic) bond motifs is 1. The smallest absolute Gasteiger partial charge is 0.449 e. The third-order valence-electron chi connectivity index (χ3n) is 2.28. The summed E-state index contributed by atoms with van der Waals surface area (Å²) in [6.45, 7) is -0.00731. The zero-order valence-corrected chi connectivity index (χ0v) is 9.18. The Hall–Kier alpha value is -2.48. The summed E-state index contributed by atoms with van der Waals surface area (Å²) in [5, 5.41) is 16.0. The van der Waals surface area contributed by atoms with Crippen molar-refractivity contribution in [3.05, 3.63) is 24.3 Å². The number of rotatable bonds is 3. The Kier molecular flexibility index (Phi) is 3.20. The number of carbonyl (C=O) groups excluding carboxylic acids is 1. The van der Waals surface area contributed by atoms with Gasteiger partial charge in [0.2, 0.25) is 0 Å². The number of aromatic nitrogens is 3. The van der Waals surface area contributed by atoms with Gasteiger partial charge >= 0.3 is 12.1 Å². The molecule has 0 saturated carbocycles. The zero-order valence-electron chi connectivity index (χ0n) is 9.18. The standard InChI is InChI=1S/C10H10N4O4/c11-6(9(15)18-10(16)17)5-14-8-4-2-1-3-7(8)12-13-14/h1-4,6H,5,11H2,(H,16,17)/t6-/m0/s1. The molecule has 0 saturated heterocycles. The molecule has 0 fully saturated rings. The van der Waals surface area contributed by atoms with Crippen LogP contribution in [-0.2, 0) is 16.1 Å². The van der Waals surface area contributed by atoms with Crippen molar-refractivity contribution >= 4 is 23.2 Å².